The Morgan fingerprint density at radius 2 is 2.29 bits per heavy atom. The molecule has 1 N–H and O–H groups in total. The van der Waals surface area contributed by atoms with E-state index in [-0.39, 0.29) is 0 Å². The van der Waals surface area contributed by atoms with Gasteiger partial charge in [0.25, 0.3) is 0 Å². The number of ether oxygens (including phenoxy) is 1. The molecule has 1 saturated heterocycles. The van der Waals surface area contributed by atoms with Crippen LogP contribution in [0.4, 0.5) is 5.69 Å². The van der Waals surface area contributed by atoms with Gasteiger partial charge in [-0.25, -0.2) is 0 Å². The number of benzene rings is 1. The molecule has 2 unspecified atom stereocenters. The van der Waals surface area contributed by atoms with E-state index in [1.807, 2.05) is 12.1 Å². The molecule has 0 radical (unpaired) electrons. The van der Waals surface area contributed by atoms with Gasteiger partial charge in [0.1, 0.15) is 0 Å². The van der Waals surface area contributed by atoms with Crippen LogP contribution in [0.1, 0.15) is 25.0 Å². The van der Waals surface area contributed by atoms with E-state index in [1.54, 1.807) is 6.92 Å². The maximum absolute atomic E-state index is 9.58. The lowest BCUT2D eigenvalue weighted by Gasteiger charge is -2.26. The highest BCUT2D eigenvalue weighted by atomic mass is 79.9. The molecule has 2 rings (SSSR count). The minimum absolute atomic E-state index is 0.446. The molecule has 0 saturated carbocycles. The van der Waals surface area contributed by atoms with Gasteiger partial charge in [-0.1, -0.05) is 22.0 Å². The largest absolute Gasteiger partial charge is 0.389 e. The molecule has 4 heteroatoms. The standard InChI is InChI=1S/C13H18BrNO2/c1-9(16)12-4-3-10(7-13(12)14)15(2)11-5-6-17-8-11/h3-4,7,9,11,16H,5-6,8H2,1-2H3. The van der Waals surface area contributed by atoms with Crippen LogP contribution in [-0.2, 0) is 4.74 Å². The van der Waals surface area contributed by atoms with Crippen molar-refractivity contribution in [2.75, 3.05) is 25.2 Å². The highest BCUT2D eigenvalue weighted by Gasteiger charge is 2.21. The summed E-state index contributed by atoms with van der Waals surface area (Å²) in [4.78, 5) is 2.24. The first kappa shape index (κ1) is 12.9. The van der Waals surface area contributed by atoms with Crippen LogP contribution in [-0.4, -0.2) is 31.4 Å². The molecule has 94 valence electrons. The zero-order valence-corrected chi connectivity index (χ0v) is 11.8. The quantitative estimate of drug-likeness (QED) is 0.931. The van der Waals surface area contributed by atoms with Crippen molar-refractivity contribution in [3.63, 3.8) is 0 Å². The van der Waals surface area contributed by atoms with Gasteiger partial charge < -0.3 is 14.7 Å². The van der Waals surface area contributed by atoms with Gasteiger partial charge in [0.2, 0.25) is 0 Å². The second-order valence-corrected chi connectivity index (χ2v) is 5.36. The van der Waals surface area contributed by atoms with E-state index in [9.17, 15) is 5.11 Å². The fourth-order valence-corrected chi connectivity index (χ4v) is 2.81. The number of rotatable bonds is 3. The van der Waals surface area contributed by atoms with E-state index >= 15 is 0 Å². The smallest absolute Gasteiger partial charge is 0.0772 e. The highest BCUT2D eigenvalue weighted by Crippen LogP contribution is 2.29. The van der Waals surface area contributed by atoms with Gasteiger partial charge in [-0.05, 0) is 31.0 Å². The van der Waals surface area contributed by atoms with E-state index in [1.165, 1.54) is 0 Å². The normalized spacial score (nSPS) is 21.5. The zero-order valence-electron chi connectivity index (χ0n) is 10.2. The van der Waals surface area contributed by atoms with Gasteiger partial charge in [0, 0.05) is 23.8 Å². The summed E-state index contributed by atoms with van der Waals surface area (Å²) in [6.45, 7) is 3.42. The number of anilines is 1. The topological polar surface area (TPSA) is 32.7 Å². The van der Waals surface area contributed by atoms with E-state index < -0.39 is 6.10 Å². The summed E-state index contributed by atoms with van der Waals surface area (Å²) < 4.78 is 6.35. The summed E-state index contributed by atoms with van der Waals surface area (Å²) in [5.74, 6) is 0. The summed E-state index contributed by atoms with van der Waals surface area (Å²) in [5, 5.41) is 9.58. The fourth-order valence-electron chi connectivity index (χ4n) is 2.11. The number of aliphatic hydroxyl groups excluding tert-OH is 1. The summed E-state index contributed by atoms with van der Waals surface area (Å²) in [5.41, 5.74) is 2.07. The van der Waals surface area contributed by atoms with E-state index in [4.69, 9.17) is 4.74 Å². The van der Waals surface area contributed by atoms with Gasteiger partial charge in [0.15, 0.2) is 0 Å². The van der Waals surface area contributed by atoms with Crippen LogP contribution in [0.5, 0.6) is 0 Å². The molecule has 17 heavy (non-hydrogen) atoms. The molecular formula is C13H18BrNO2. The van der Waals surface area contributed by atoms with Crippen molar-refractivity contribution >= 4 is 21.6 Å². The third-order valence-corrected chi connectivity index (χ3v) is 3.98. The molecule has 0 aliphatic carbocycles. The number of hydrogen-bond acceptors (Lipinski definition) is 3. The monoisotopic (exact) mass is 299 g/mol. The van der Waals surface area contributed by atoms with E-state index in [0.29, 0.717) is 6.04 Å². The summed E-state index contributed by atoms with van der Waals surface area (Å²) >= 11 is 3.51. The van der Waals surface area contributed by atoms with Gasteiger partial charge in [-0.15, -0.1) is 0 Å². The minimum Gasteiger partial charge on any atom is -0.389 e. The third kappa shape index (κ3) is 2.81. The molecule has 1 aliphatic rings. The SMILES string of the molecule is CC(O)c1ccc(N(C)C2CCOC2)cc1Br. The van der Waals surface area contributed by atoms with Crippen molar-refractivity contribution in [2.45, 2.75) is 25.5 Å². The van der Waals surface area contributed by atoms with Crippen LogP contribution in [0.2, 0.25) is 0 Å². The summed E-state index contributed by atoms with van der Waals surface area (Å²) in [6.07, 6.45) is 0.630. The van der Waals surface area contributed by atoms with Crippen molar-refractivity contribution in [1.82, 2.24) is 0 Å². The van der Waals surface area contributed by atoms with E-state index in [2.05, 4.69) is 33.9 Å². The Balaban J connectivity index is 2.18. The predicted octanol–water partition coefficient (Wildman–Crippen LogP) is 2.73. The first-order chi connectivity index (χ1) is 8.09. The molecule has 0 spiro atoms. The van der Waals surface area contributed by atoms with Crippen LogP contribution in [0, 0.1) is 0 Å². The average Bonchev–Trinajstić information content (AvgIpc) is 2.80. The maximum Gasteiger partial charge on any atom is 0.0772 e. The molecule has 1 aliphatic heterocycles. The summed E-state index contributed by atoms with van der Waals surface area (Å²) in [6, 6.07) is 6.53. The molecule has 2 atom stereocenters. The Bertz CT molecular complexity index is 389. The van der Waals surface area contributed by atoms with Crippen LogP contribution in [0.15, 0.2) is 22.7 Å². The van der Waals surface area contributed by atoms with Gasteiger partial charge in [0.05, 0.1) is 18.8 Å². The molecule has 1 aromatic rings. The lowest BCUT2D eigenvalue weighted by Crippen LogP contribution is -2.31. The number of halogens is 1. The maximum atomic E-state index is 9.58. The molecule has 0 amide bonds. The Kier molecular flexibility index (Phi) is 4.07. The van der Waals surface area contributed by atoms with Crippen molar-refractivity contribution in [2.24, 2.45) is 0 Å². The third-order valence-electron chi connectivity index (χ3n) is 3.29. The Hall–Kier alpha value is -0.580. The van der Waals surface area contributed by atoms with Crippen molar-refractivity contribution < 1.29 is 9.84 Å². The fraction of sp³-hybridized carbons (Fsp3) is 0.538. The van der Waals surface area contributed by atoms with Crippen molar-refractivity contribution in [3.8, 4) is 0 Å². The number of likely N-dealkylation sites (N-methyl/N-ethyl adjacent to an activating group) is 1. The molecule has 1 heterocycles. The lowest BCUT2D eigenvalue weighted by atomic mass is 10.1. The van der Waals surface area contributed by atoms with E-state index in [0.717, 1.165) is 35.4 Å². The predicted molar refractivity (Wildman–Crippen MR) is 72.4 cm³/mol. The average molecular weight is 300 g/mol. The van der Waals surface area contributed by atoms with Gasteiger partial charge in [-0.3, -0.25) is 0 Å². The molecule has 0 aromatic heterocycles. The first-order valence-electron chi connectivity index (χ1n) is 5.87. The molecule has 1 aromatic carbocycles. The van der Waals surface area contributed by atoms with Crippen molar-refractivity contribution in [1.29, 1.82) is 0 Å². The van der Waals surface area contributed by atoms with Crippen LogP contribution in [0.25, 0.3) is 0 Å². The molecular weight excluding hydrogens is 282 g/mol. The van der Waals surface area contributed by atoms with Gasteiger partial charge >= 0.3 is 0 Å². The van der Waals surface area contributed by atoms with Crippen molar-refractivity contribution in [3.05, 3.63) is 28.2 Å². The molecule has 1 fully saturated rings. The number of hydrogen-bond donors (Lipinski definition) is 1. The van der Waals surface area contributed by atoms with Gasteiger partial charge in [-0.2, -0.15) is 0 Å². The Morgan fingerprint density at radius 3 is 2.82 bits per heavy atom. The first-order valence-corrected chi connectivity index (χ1v) is 6.67. The van der Waals surface area contributed by atoms with Crippen LogP contribution < -0.4 is 4.90 Å². The lowest BCUT2D eigenvalue weighted by molar-refractivity contribution is 0.193. The Morgan fingerprint density at radius 1 is 1.53 bits per heavy atom. The highest BCUT2D eigenvalue weighted by molar-refractivity contribution is 9.10. The van der Waals surface area contributed by atoms with Crippen LogP contribution >= 0.6 is 15.9 Å². The zero-order chi connectivity index (χ0) is 12.4. The molecule has 3 nitrogen and oxygen atoms in total. The second kappa shape index (κ2) is 5.38. The molecule has 0 bridgehead atoms. The number of aliphatic hydroxyl groups is 1. The minimum atomic E-state index is -0.446. The summed E-state index contributed by atoms with van der Waals surface area (Å²) in [7, 11) is 2.09. The van der Waals surface area contributed by atoms with Crippen LogP contribution in [0.3, 0.4) is 0 Å². The second-order valence-electron chi connectivity index (χ2n) is 4.51. The number of nitrogens with zero attached hydrogens (tertiary/aromatic N) is 1. The Labute approximate surface area is 111 Å².